The van der Waals surface area contributed by atoms with Crippen molar-refractivity contribution in [2.75, 3.05) is 18.0 Å². The monoisotopic (exact) mass is 418 g/mol. The van der Waals surface area contributed by atoms with E-state index < -0.39 is 17.0 Å². The molecule has 2 aromatic carbocycles. The van der Waals surface area contributed by atoms with Gasteiger partial charge >= 0.3 is 0 Å². The van der Waals surface area contributed by atoms with E-state index in [0.717, 1.165) is 41.0 Å². The van der Waals surface area contributed by atoms with Gasteiger partial charge in [-0.3, -0.25) is 14.5 Å². The largest absolute Gasteiger partial charge is 0.372 e. The van der Waals surface area contributed by atoms with Crippen molar-refractivity contribution in [2.24, 2.45) is 0 Å². The number of rotatable bonds is 6. The number of carbonyl (C=O) groups excluding carboxylic acids is 2. The standard InChI is InChI=1S/C21H20ClFN2O2S/c1-3-24(4-2)15-10-8-14(9-11-15)12-19-20(26)25(21(27)28-19)13-16-17(22)6-5-7-18(16)23/h5-12H,3-4,13H2,1-2H3/b19-12+. The van der Waals surface area contributed by atoms with Gasteiger partial charge < -0.3 is 4.90 Å². The molecular weight excluding hydrogens is 399 g/mol. The first-order valence-corrected chi connectivity index (χ1v) is 10.2. The molecule has 0 N–H and O–H groups in total. The number of hydrogen-bond acceptors (Lipinski definition) is 4. The summed E-state index contributed by atoms with van der Waals surface area (Å²) in [5, 5.41) is -0.245. The van der Waals surface area contributed by atoms with Crippen LogP contribution < -0.4 is 4.90 Å². The number of thioether (sulfide) groups is 1. The lowest BCUT2D eigenvalue weighted by atomic mass is 10.1. The zero-order valence-electron chi connectivity index (χ0n) is 15.6. The molecule has 0 aliphatic carbocycles. The molecule has 0 radical (unpaired) electrons. The first kappa shape index (κ1) is 20.4. The maximum absolute atomic E-state index is 14.0. The summed E-state index contributed by atoms with van der Waals surface area (Å²) in [6.07, 6.45) is 1.68. The predicted octanol–water partition coefficient (Wildman–Crippen LogP) is 5.56. The summed E-state index contributed by atoms with van der Waals surface area (Å²) >= 11 is 6.87. The summed E-state index contributed by atoms with van der Waals surface area (Å²) in [6, 6.07) is 12.1. The molecule has 3 rings (SSSR count). The highest BCUT2D eigenvalue weighted by molar-refractivity contribution is 8.18. The van der Waals surface area contributed by atoms with E-state index in [4.69, 9.17) is 11.6 Å². The van der Waals surface area contributed by atoms with E-state index >= 15 is 0 Å². The van der Waals surface area contributed by atoms with E-state index in [0.29, 0.717) is 4.91 Å². The minimum atomic E-state index is -0.539. The van der Waals surface area contributed by atoms with Gasteiger partial charge in [-0.1, -0.05) is 29.8 Å². The van der Waals surface area contributed by atoms with E-state index in [9.17, 15) is 14.0 Å². The summed E-state index contributed by atoms with van der Waals surface area (Å²) in [5.41, 5.74) is 2.06. The summed E-state index contributed by atoms with van der Waals surface area (Å²) in [6.45, 7) is 5.82. The van der Waals surface area contributed by atoms with E-state index in [1.54, 1.807) is 6.08 Å². The van der Waals surface area contributed by atoms with Gasteiger partial charge in [-0.25, -0.2) is 4.39 Å². The molecule has 1 aliphatic rings. The van der Waals surface area contributed by atoms with Gasteiger partial charge in [-0.15, -0.1) is 0 Å². The first-order chi connectivity index (χ1) is 13.4. The van der Waals surface area contributed by atoms with E-state index in [-0.39, 0.29) is 17.1 Å². The fraction of sp³-hybridized carbons (Fsp3) is 0.238. The van der Waals surface area contributed by atoms with Gasteiger partial charge in [0.25, 0.3) is 11.1 Å². The van der Waals surface area contributed by atoms with Gasteiger partial charge in [0.15, 0.2) is 0 Å². The number of imide groups is 1. The Morgan fingerprint density at radius 2 is 1.79 bits per heavy atom. The van der Waals surface area contributed by atoms with Crippen LogP contribution in [0.1, 0.15) is 25.0 Å². The molecule has 0 atom stereocenters. The van der Waals surface area contributed by atoms with E-state index in [2.05, 4.69) is 18.7 Å². The Labute approximate surface area is 173 Å². The number of carbonyl (C=O) groups is 2. The van der Waals surface area contributed by atoms with E-state index in [1.807, 2.05) is 24.3 Å². The molecular formula is C21H20ClFN2O2S. The van der Waals surface area contributed by atoms with Crippen molar-refractivity contribution in [1.82, 2.24) is 4.90 Å². The summed E-state index contributed by atoms with van der Waals surface area (Å²) in [5.74, 6) is -0.982. The smallest absolute Gasteiger partial charge is 0.293 e. The average molecular weight is 419 g/mol. The molecule has 28 heavy (non-hydrogen) atoms. The van der Waals surface area contributed by atoms with Crippen LogP contribution in [0.4, 0.5) is 14.9 Å². The molecule has 1 fully saturated rings. The maximum Gasteiger partial charge on any atom is 0.293 e. The molecule has 4 nitrogen and oxygen atoms in total. The van der Waals surface area contributed by atoms with Gasteiger partial charge in [0.2, 0.25) is 0 Å². The molecule has 1 aliphatic heterocycles. The van der Waals surface area contributed by atoms with Gasteiger partial charge in [0, 0.05) is 29.4 Å². The van der Waals surface area contributed by atoms with Crippen LogP contribution in [-0.2, 0) is 11.3 Å². The molecule has 0 aromatic heterocycles. The fourth-order valence-electron chi connectivity index (χ4n) is 3.00. The quantitative estimate of drug-likeness (QED) is 0.575. The third-order valence-corrected chi connectivity index (χ3v) is 5.83. The second-order valence-corrected chi connectivity index (χ2v) is 7.63. The van der Waals surface area contributed by atoms with Crippen molar-refractivity contribution in [2.45, 2.75) is 20.4 Å². The minimum absolute atomic E-state index is 0.135. The van der Waals surface area contributed by atoms with Crippen LogP contribution >= 0.6 is 23.4 Å². The molecule has 0 unspecified atom stereocenters. The molecule has 1 heterocycles. The predicted molar refractivity (Wildman–Crippen MR) is 113 cm³/mol. The molecule has 0 spiro atoms. The Hall–Kier alpha value is -2.31. The van der Waals surface area contributed by atoms with Crippen molar-refractivity contribution >= 4 is 46.3 Å². The Morgan fingerprint density at radius 3 is 2.39 bits per heavy atom. The summed E-state index contributed by atoms with van der Waals surface area (Å²) in [7, 11) is 0. The zero-order chi connectivity index (χ0) is 20.3. The second kappa shape index (κ2) is 8.80. The minimum Gasteiger partial charge on any atom is -0.372 e. The third-order valence-electron chi connectivity index (χ3n) is 4.57. The Bertz CT molecular complexity index is 906. The van der Waals surface area contributed by atoms with Crippen LogP contribution in [0.5, 0.6) is 0 Å². The normalized spacial score (nSPS) is 15.6. The van der Waals surface area contributed by atoms with Crippen LogP contribution in [0.3, 0.4) is 0 Å². The lowest BCUT2D eigenvalue weighted by molar-refractivity contribution is -0.123. The van der Waals surface area contributed by atoms with Gasteiger partial charge in [0.1, 0.15) is 5.82 Å². The SMILES string of the molecule is CCN(CC)c1ccc(/C=C2/SC(=O)N(Cc3c(F)cccc3Cl)C2=O)cc1. The van der Waals surface area contributed by atoms with Crippen LogP contribution in [0, 0.1) is 5.82 Å². The van der Waals surface area contributed by atoms with Crippen LogP contribution in [0.2, 0.25) is 5.02 Å². The Kier molecular flexibility index (Phi) is 6.42. The van der Waals surface area contributed by atoms with Crippen LogP contribution in [0.25, 0.3) is 6.08 Å². The first-order valence-electron chi connectivity index (χ1n) is 8.97. The van der Waals surface area contributed by atoms with Crippen LogP contribution in [-0.4, -0.2) is 29.1 Å². The second-order valence-electron chi connectivity index (χ2n) is 6.23. The van der Waals surface area contributed by atoms with E-state index in [1.165, 1.54) is 18.2 Å². The molecule has 0 saturated carbocycles. The van der Waals surface area contributed by atoms with Crippen molar-refractivity contribution in [3.05, 3.63) is 69.3 Å². The number of hydrogen-bond donors (Lipinski definition) is 0. The molecule has 2 amide bonds. The number of amides is 2. The topological polar surface area (TPSA) is 40.6 Å². The highest BCUT2D eigenvalue weighted by Gasteiger charge is 2.35. The Morgan fingerprint density at radius 1 is 1.11 bits per heavy atom. The highest BCUT2D eigenvalue weighted by atomic mass is 35.5. The molecule has 146 valence electrons. The highest BCUT2D eigenvalue weighted by Crippen LogP contribution is 2.34. The maximum atomic E-state index is 14.0. The van der Waals surface area contributed by atoms with Crippen molar-refractivity contribution in [3.8, 4) is 0 Å². The van der Waals surface area contributed by atoms with Gasteiger partial charge in [-0.05, 0) is 61.5 Å². The molecule has 2 aromatic rings. The lowest BCUT2D eigenvalue weighted by Gasteiger charge is -2.20. The lowest BCUT2D eigenvalue weighted by Crippen LogP contribution is -2.28. The zero-order valence-corrected chi connectivity index (χ0v) is 17.2. The number of anilines is 1. The van der Waals surface area contributed by atoms with Crippen molar-refractivity contribution < 1.29 is 14.0 Å². The van der Waals surface area contributed by atoms with Crippen molar-refractivity contribution in [3.63, 3.8) is 0 Å². The summed E-state index contributed by atoms with van der Waals surface area (Å²) in [4.78, 5) is 28.5. The Balaban J connectivity index is 1.79. The van der Waals surface area contributed by atoms with Gasteiger partial charge in [0.05, 0.1) is 11.4 Å². The third kappa shape index (κ3) is 4.23. The summed E-state index contributed by atoms with van der Waals surface area (Å²) < 4.78 is 14.0. The average Bonchev–Trinajstić information content (AvgIpc) is 2.94. The molecule has 0 bridgehead atoms. The number of benzene rings is 2. The molecule has 7 heteroatoms. The molecule has 1 saturated heterocycles. The number of nitrogens with zero attached hydrogens (tertiary/aromatic N) is 2. The number of halogens is 2. The fourth-order valence-corrected chi connectivity index (χ4v) is 4.06. The van der Waals surface area contributed by atoms with Crippen LogP contribution in [0.15, 0.2) is 47.4 Å². The van der Waals surface area contributed by atoms with Gasteiger partial charge in [-0.2, -0.15) is 0 Å². The van der Waals surface area contributed by atoms with Crippen molar-refractivity contribution in [1.29, 1.82) is 0 Å².